The quantitative estimate of drug-likeness (QED) is 0.924. The average Bonchev–Trinajstić information content (AvgIpc) is 2.28. The molecule has 2 aromatic rings. The van der Waals surface area contributed by atoms with Gasteiger partial charge in [0.2, 0.25) is 5.82 Å². The van der Waals surface area contributed by atoms with E-state index in [0.717, 1.165) is 10.0 Å². The van der Waals surface area contributed by atoms with E-state index in [9.17, 15) is 4.79 Å². The van der Waals surface area contributed by atoms with Crippen molar-refractivity contribution in [2.24, 2.45) is 0 Å². The second kappa shape index (κ2) is 4.63. The van der Waals surface area contributed by atoms with Gasteiger partial charge in [-0.3, -0.25) is 0 Å². The number of carboxylic acids is 1. The summed E-state index contributed by atoms with van der Waals surface area (Å²) in [5.74, 6) is -1.30. The molecule has 0 aliphatic heterocycles. The van der Waals surface area contributed by atoms with Crippen LogP contribution in [-0.4, -0.2) is 21.0 Å². The minimum Gasteiger partial charge on any atom is -0.475 e. The van der Waals surface area contributed by atoms with E-state index in [1.165, 1.54) is 0 Å². The van der Waals surface area contributed by atoms with Gasteiger partial charge in [0, 0.05) is 15.7 Å². The standard InChI is InChI=1S/C12H9BrN2O2/c1-7-5-10(15-11(14-7)12(16)17)8-3-2-4-9(13)6-8/h2-6H,1H3,(H,16,17). The van der Waals surface area contributed by atoms with Crippen LogP contribution in [0.2, 0.25) is 0 Å². The highest BCUT2D eigenvalue weighted by atomic mass is 79.9. The third kappa shape index (κ3) is 2.68. The summed E-state index contributed by atoms with van der Waals surface area (Å²) in [6.07, 6.45) is 0. The van der Waals surface area contributed by atoms with Crippen molar-refractivity contribution in [3.63, 3.8) is 0 Å². The Morgan fingerprint density at radius 1 is 1.29 bits per heavy atom. The zero-order valence-electron chi connectivity index (χ0n) is 9.01. The number of hydrogen-bond donors (Lipinski definition) is 1. The number of nitrogens with zero attached hydrogens (tertiary/aromatic N) is 2. The lowest BCUT2D eigenvalue weighted by molar-refractivity contribution is 0.0683. The van der Waals surface area contributed by atoms with Gasteiger partial charge in [-0.15, -0.1) is 0 Å². The Labute approximate surface area is 106 Å². The highest BCUT2D eigenvalue weighted by Crippen LogP contribution is 2.21. The van der Waals surface area contributed by atoms with E-state index < -0.39 is 5.97 Å². The van der Waals surface area contributed by atoms with Crippen molar-refractivity contribution >= 4 is 21.9 Å². The molecule has 0 bridgehead atoms. The number of carbonyl (C=O) groups is 1. The molecule has 0 unspecified atom stereocenters. The summed E-state index contributed by atoms with van der Waals surface area (Å²) in [5, 5.41) is 8.90. The molecule has 1 aromatic carbocycles. The topological polar surface area (TPSA) is 63.1 Å². The molecule has 4 nitrogen and oxygen atoms in total. The first-order valence-corrected chi connectivity index (χ1v) is 5.70. The van der Waals surface area contributed by atoms with E-state index in [-0.39, 0.29) is 5.82 Å². The predicted molar refractivity (Wildman–Crippen MR) is 66.9 cm³/mol. The Morgan fingerprint density at radius 3 is 2.71 bits per heavy atom. The molecule has 86 valence electrons. The number of benzene rings is 1. The lowest BCUT2D eigenvalue weighted by Gasteiger charge is -2.04. The Balaban J connectivity index is 2.56. The number of aromatic carboxylic acids is 1. The van der Waals surface area contributed by atoms with E-state index in [2.05, 4.69) is 25.9 Å². The number of rotatable bonds is 2. The van der Waals surface area contributed by atoms with Gasteiger partial charge in [-0.05, 0) is 25.1 Å². The highest BCUT2D eigenvalue weighted by molar-refractivity contribution is 9.10. The third-order valence-electron chi connectivity index (χ3n) is 2.17. The van der Waals surface area contributed by atoms with Crippen LogP contribution in [0.25, 0.3) is 11.3 Å². The average molecular weight is 293 g/mol. The minimum absolute atomic E-state index is 0.181. The number of halogens is 1. The molecule has 0 radical (unpaired) electrons. The molecule has 0 amide bonds. The number of carboxylic acid groups (broad SMARTS) is 1. The van der Waals surface area contributed by atoms with Crippen molar-refractivity contribution in [3.05, 3.63) is 46.3 Å². The SMILES string of the molecule is Cc1cc(-c2cccc(Br)c2)nc(C(=O)O)n1. The summed E-state index contributed by atoms with van der Waals surface area (Å²) < 4.78 is 0.920. The summed E-state index contributed by atoms with van der Waals surface area (Å²) in [6.45, 7) is 1.75. The monoisotopic (exact) mass is 292 g/mol. The van der Waals surface area contributed by atoms with E-state index in [1.807, 2.05) is 24.3 Å². The maximum absolute atomic E-state index is 10.9. The summed E-state index contributed by atoms with van der Waals surface area (Å²) in [6, 6.07) is 9.28. The lowest BCUT2D eigenvalue weighted by Crippen LogP contribution is -2.06. The molecule has 0 saturated heterocycles. The summed E-state index contributed by atoms with van der Waals surface area (Å²) in [7, 11) is 0. The molecule has 1 aromatic heterocycles. The molecule has 0 aliphatic rings. The number of hydrogen-bond acceptors (Lipinski definition) is 3. The van der Waals surface area contributed by atoms with E-state index in [1.54, 1.807) is 13.0 Å². The first kappa shape index (κ1) is 11.7. The molecule has 0 spiro atoms. The Bertz CT molecular complexity index is 584. The fourth-order valence-corrected chi connectivity index (χ4v) is 1.86. The predicted octanol–water partition coefficient (Wildman–Crippen LogP) is 2.91. The highest BCUT2D eigenvalue weighted by Gasteiger charge is 2.10. The lowest BCUT2D eigenvalue weighted by atomic mass is 10.1. The summed E-state index contributed by atoms with van der Waals surface area (Å²) in [5.41, 5.74) is 2.09. The molecular formula is C12H9BrN2O2. The maximum Gasteiger partial charge on any atom is 0.373 e. The zero-order chi connectivity index (χ0) is 12.4. The summed E-state index contributed by atoms with van der Waals surface area (Å²) >= 11 is 3.37. The van der Waals surface area contributed by atoms with Crippen LogP contribution in [0.1, 0.15) is 16.3 Å². The van der Waals surface area contributed by atoms with E-state index in [0.29, 0.717) is 11.4 Å². The first-order chi connectivity index (χ1) is 8.06. The van der Waals surface area contributed by atoms with Crippen molar-refractivity contribution in [2.45, 2.75) is 6.92 Å². The van der Waals surface area contributed by atoms with Gasteiger partial charge in [-0.2, -0.15) is 0 Å². The van der Waals surface area contributed by atoms with Crippen molar-refractivity contribution < 1.29 is 9.90 Å². The Hall–Kier alpha value is -1.75. The Kier molecular flexibility index (Phi) is 3.19. The van der Waals surface area contributed by atoms with Gasteiger partial charge < -0.3 is 5.11 Å². The van der Waals surface area contributed by atoms with Gasteiger partial charge in [-0.25, -0.2) is 14.8 Å². The van der Waals surface area contributed by atoms with Crippen LogP contribution in [0.4, 0.5) is 0 Å². The van der Waals surface area contributed by atoms with Crippen LogP contribution < -0.4 is 0 Å². The van der Waals surface area contributed by atoms with E-state index in [4.69, 9.17) is 5.11 Å². The molecule has 0 aliphatic carbocycles. The molecular weight excluding hydrogens is 284 g/mol. The summed E-state index contributed by atoms with van der Waals surface area (Å²) in [4.78, 5) is 18.7. The van der Waals surface area contributed by atoms with Gasteiger partial charge in [0.1, 0.15) is 0 Å². The fourth-order valence-electron chi connectivity index (χ4n) is 1.46. The van der Waals surface area contributed by atoms with Gasteiger partial charge in [0.25, 0.3) is 0 Å². The van der Waals surface area contributed by atoms with Crippen LogP contribution in [0.15, 0.2) is 34.8 Å². The molecule has 0 atom stereocenters. The van der Waals surface area contributed by atoms with Gasteiger partial charge >= 0.3 is 5.97 Å². The first-order valence-electron chi connectivity index (χ1n) is 4.91. The van der Waals surface area contributed by atoms with Crippen LogP contribution in [0.5, 0.6) is 0 Å². The molecule has 0 saturated carbocycles. The van der Waals surface area contributed by atoms with Crippen LogP contribution >= 0.6 is 15.9 Å². The van der Waals surface area contributed by atoms with E-state index >= 15 is 0 Å². The zero-order valence-corrected chi connectivity index (χ0v) is 10.6. The van der Waals surface area contributed by atoms with Gasteiger partial charge in [0.15, 0.2) is 0 Å². The van der Waals surface area contributed by atoms with Gasteiger partial charge in [-0.1, -0.05) is 28.1 Å². The molecule has 1 heterocycles. The number of aryl methyl sites for hydroxylation is 1. The van der Waals surface area contributed by atoms with Crippen molar-refractivity contribution in [2.75, 3.05) is 0 Å². The van der Waals surface area contributed by atoms with Crippen molar-refractivity contribution in [1.82, 2.24) is 9.97 Å². The molecule has 17 heavy (non-hydrogen) atoms. The van der Waals surface area contributed by atoms with Crippen molar-refractivity contribution in [3.8, 4) is 11.3 Å². The molecule has 5 heteroatoms. The fraction of sp³-hybridized carbons (Fsp3) is 0.0833. The third-order valence-corrected chi connectivity index (χ3v) is 2.66. The maximum atomic E-state index is 10.9. The molecule has 2 rings (SSSR count). The smallest absolute Gasteiger partial charge is 0.373 e. The second-order valence-electron chi connectivity index (χ2n) is 3.53. The minimum atomic E-state index is -1.12. The van der Waals surface area contributed by atoms with Crippen molar-refractivity contribution in [1.29, 1.82) is 0 Å². The molecule has 0 fully saturated rings. The largest absolute Gasteiger partial charge is 0.475 e. The molecule has 1 N–H and O–H groups in total. The van der Waals surface area contributed by atoms with Crippen LogP contribution in [0, 0.1) is 6.92 Å². The Morgan fingerprint density at radius 2 is 2.06 bits per heavy atom. The van der Waals surface area contributed by atoms with Crippen LogP contribution in [0.3, 0.4) is 0 Å². The number of aromatic nitrogens is 2. The van der Waals surface area contributed by atoms with Crippen LogP contribution in [-0.2, 0) is 0 Å². The van der Waals surface area contributed by atoms with Gasteiger partial charge in [0.05, 0.1) is 5.69 Å². The second-order valence-corrected chi connectivity index (χ2v) is 4.45. The normalized spacial score (nSPS) is 10.2.